The van der Waals surface area contributed by atoms with Crippen molar-refractivity contribution in [3.63, 3.8) is 0 Å². The zero-order chi connectivity index (χ0) is 13.7. The molecule has 2 aromatic carbocycles. The number of hydrogen-bond acceptors (Lipinski definition) is 2. The maximum atomic E-state index is 12.7. The molecule has 2 unspecified atom stereocenters. The number of fused-ring (bicyclic) bond motifs is 3. The Morgan fingerprint density at radius 3 is 2.75 bits per heavy atom. The molecule has 1 N–H and O–H groups in total. The zero-order valence-corrected chi connectivity index (χ0v) is 11.2. The van der Waals surface area contributed by atoms with E-state index in [0.717, 1.165) is 30.2 Å². The standard InChI is InChI=1S/C17H17NO2/c19-16-14-4-2-1-3-12(14)6-8-15(16)17(20)18-10-11-5-7-13(18)9-11/h1-4,6,8,11,13,19H,5,7,9-10H2. The second-order valence-corrected chi connectivity index (χ2v) is 5.97. The lowest BCUT2D eigenvalue weighted by atomic mass is 10.0. The maximum absolute atomic E-state index is 12.7. The molecule has 1 saturated carbocycles. The number of phenols is 1. The van der Waals surface area contributed by atoms with Gasteiger partial charge in [-0.2, -0.15) is 0 Å². The van der Waals surface area contributed by atoms with E-state index in [1.807, 2.05) is 35.2 Å². The first-order valence-electron chi connectivity index (χ1n) is 7.26. The van der Waals surface area contributed by atoms with E-state index in [1.54, 1.807) is 6.07 Å². The molecule has 102 valence electrons. The van der Waals surface area contributed by atoms with Gasteiger partial charge in [-0.25, -0.2) is 0 Å². The number of benzene rings is 2. The van der Waals surface area contributed by atoms with Crippen molar-refractivity contribution in [1.82, 2.24) is 4.90 Å². The maximum Gasteiger partial charge on any atom is 0.257 e. The summed E-state index contributed by atoms with van der Waals surface area (Å²) < 4.78 is 0. The number of likely N-dealkylation sites (tertiary alicyclic amines) is 1. The van der Waals surface area contributed by atoms with Crippen LogP contribution in [-0.2, 0) is 0 Å². The van der Waals surface area contributed by atoms with E-state index in [2.05, 4.69) is 0 Å². The molecule has 2 atom stereocenters. The van der Waals surface area contributed by atoms with Crippen molar-refractivity contribution in [1.29, 1.82) is 0 Å². The summed E-state index contributed by atoms with van der Waals surface area (Å²) in [5.41, 5.74) is 0.441. The van der Waals surface area contributed by atoms with Crippen molar-refractivity contribution in [2.24, 2.45) is 5.92 Å². The first-order chi connectivity index (χ1) is 9.74. The quantitative estimate of drug-likeness (QED) is 0.862. The summed E-state index contributed by atoms with van der Waals surface area (Å²) >= 11 is 0. The summed E-state index contributed by atoms with van der Waals surface area (Å²) in [6.07, 6.45) is 3.50. The largest absolute Gasteiger partial charge is 0.506 e. The third-order valence-electron chi connectivity index (χ3n) is 4.80. The molecular weight excluding hydrogens is 250 g/mol. The van der Waals surface area contributed by atoms with Gasteiger partial charge in [-0.05, 0) is 36.6 Å². The van der Waals surface area contributed by atoms with Crippen LogP contribution in [0.25, 0.3) is 10.8 Å². The van der Waals surface area contributed by atoms with Gasteiger partial charge in [0.15, 0.2) is 0 Å². The van der Waals surface area contributed by atoms with Crippen molar-refractivity contribution in [3.8, 4) is 5.75 Å². The van der Waals surface area contributed by atoms with Gasteiger partial charge in [0, 0.05) is 18.0 Å². The Labute approximate surface area is 117 Å². The summed E-state index contributed by atoms with van der Waals surface area (Å²) in [6, 6.07) is 11.7. The number of rotatable bonds is 1. The van der Waals surface area contributed by atoms with Gasteiger partial charge in [-0.1, -0.05) is 30.3 Å². The Hall–Kier alpha value is -2.03. The highest BCUT2D eigenvalue weighted by Gasteiger charge is 2.40. The first kappa shape index (κ1) is 11.8. The Kier molecular flexibility index (Phi) is 2.49. The highest BCUT2D eigenvalue weighted by Crippen LogP contribution is 2.39. The van der Waals surface area contributed by atoms with E-state index in [1.165, 1.54) is 6.42 Å². The van der Waals surface area contributed by atoms with Gasteiger partial charge < -0.3 is 10.0 Å². The van der Waals surface area contributed by atoms with Gasteiger partial charge >= 0.3 is 0 Å². The smallest absolute Gasteiger partial charge is 0.257 e. The minimum absolute atomic E-state index is 0.0135. The van der Waals surface area contributed by atoms with Gasteiger partial charge in [0.2, 0.25) is 0 Å². The van der Waals surface area contributed by atoms with Gasteiger partial charge in [0.05, 0.1) is 5.56 Å². The molecular formula is C17H17NO2. The predicted molar refractivity (Wildman–Crippen MR) is 77.8 cm³/mol. The van der Waals surface area contributed by atoms with Crippen LogP contribution >= 0.6 is 0 Å². The highest BCUT2D eigenvalue weighted by molar-refractivity contribution is 6.03. The predicted octanol–water partition coefficient (Wildman–Crippen LogP) is 3.17. The third-order valence-corrected chi connectivity index (χ3v) is 4.80. The summed E-state index contributed by atoms with van der Waals surface area (Å²) in [5.74, 6) is 0.780. The topological polar surface area (TPSA) is 40.5 Å². The molecule has 3 nitrogen and oxygen atoms in total. The number of amides is 1. The van der Waals surface area contributed by atoms with Crippen LogP contribution in [0.15, 0.2) is 36.4 Å². The lowest BCUT2D eigenvalue weighted by molar-refractivity contribution is 0.0701. The van der Waals surface area contributed by atoms with E-state index < -0.39 is 0 Å². The molecule has 1 saturated heterocycles. The lowest BCUT2D eigenvalue weighted by Gasteiger charge is -2.27. The molecule has 1 heterocycles. The highest BCUT2D eigenvalue weighted by atomic mass is 16.3. The molecule has 2 bridgehead atoms. The molecule has 0 aromatic heterocycles. The van der Waals surface area contributed by atoms with Crippen LogP contribution in [-0.4, -0.2) is 28.5 Å². The van der Waals surface area contributed by atoms with Crippen molar-refractivity contribution in [2.75, 3.05) is 6.54 Å². The number of hydrogen-bond donors (Lipinski definition) is 1. The monoisotopic (exact) mass is 267 g/mol. The van der Waals surface area contributed by atoms with Gasteiger partial charge in [0.1, 0.15) is 5.75 Å². The van der Waals surface area contributed by atoms with Gasteiger partial charge in [-0.15, -0.1) is 0 Å². The second kappa shape index (κ2) is 4.23. The van der Waals surface area contributed by atoms with Crippen molar-refractivity contribution in [3.05, 3.63) is 42.0 Å². The van der Waals surface area contributed by atoms with E-state index in [0.29, 0.717) is 17.5 Å². The molecule has 2 aliphatic rings. The summed E-state index contributed by atoms with van der Waals surface area (Å²) in [7, 11) is 0. The average molecular weight is 267 g/mol. The Bertz CT molecular complexity index is 694. The molecule has 1 amide bonds. The molecule has 1 aliphatic carbocycles. The number of aromatic hydroxyl groups is 1. The van der Waals surface area contributed by atoms with Crippen LogP contribution in [0.3, 0.4) is 0 Å². The van der Waals surface area contributed by atoms with Gasteiger partial charge in [0.25, 0.3) is 5.91 Å². The van der Waals surface area contributed by atoms with E-state index in [9.17, 15) is 9.90 Å². The first-order valence-corrected chi connectivity index (χ1v) is 7.26. The average Bonchev–Trinajstić information content (AvgIpc) is 3.10. The van der Waals surface area contributed by atoms with Crippen LogP contribution in [0.1, 0.15) is 29.6 Å². The van der Waals surface area contributed by atoms with Crippen molar-refractivity contribution >= 4 is 16.7 Å². The van der Waals surface area contributed by atoms with Crippen LogP contribution in [0.2, 0.25) is 0 Å². The fourth-order valence-corrected chi connectivity index (χ4v) is 3.76. The molecule has 2 fully saturated rings. The number of piperidine rings is 1. The lowest BCUT2D eigenvalue weighted by Crippen LogP contribution is -2.37. The molecule has 0 radical (unpaired) electrons. The Morgan fingerprint density at radius 2 is 2.00 bits per heavy atom. The second-order valence-electron chi connectivity index (χ2n) is 5.97. The molecule has 4 rings (SSSR count). The molecule has 3 heteroatoms. The Balaban J connectivity index is 1.75. The summed E-state index contributed by atoms with van der Waals surface area (Å²) in [4.78, 5) is 14.6. The normalized spacial score (nSPS) is 24.5. The number of carbonyl (C=O) groups is 1. The van der Waals surface area contributed by atoms with Crippen molar-refractivity contribution in [2.45, 2.75) is 25.3 Å². The minimum Gasteiger partial charge on any atom is -0.506 e. The zero-order valence-electron chi connectivity index (χ0n) is 11.2. The summed E-state index contributed by atoms with van der Waals surface area (Å²) in [6.45, 7) is 0.857. The molecule has 0 spiro atoms. The Morgan fingerprint density at radius 1 is 1.15 bits per heavy atom. The van der Waals surface area contributed by atoms with Crippen LogP contribution in [0.4, 0.5) is 0 Å². The molecule has 1 aliphatic heterocycles. The van der Waals surface area contributed by atoms with Crippen molar-refractivity contribution < 1.29 is 9.90 Å². The number of nitrogens with zero attached hydrogens (tertiary/aromatic N) is 1. The number of phenolic OH excluding ortho intramolecular Hbond substituents is 1. The fourth-order valence-electron chi connectivity index (χ4n) is 3.76. The third kappa shape index (κ3) is 1.62. The van der Waals surface area contributed by atoms with E-state index >= 15 is 0 Å². The fraction of sp³-hybridized carbons (Fsp3) is 0.353. The van der Waals surface area contributed by atoms with E-state index in [4.69, 9.17) is 0 Å². The van der Waals surface area contributed by atoms with Crippen LogP contribution < -0.4 is 0 Å². The SMILES string of the molecule is O=C(c1ccc2ccccc2c1O)N1CC2CCC1C2. The minimum atomic E-state index is -0.0135. The van der Waals surface area contributed by atoms with Crippen LogP contribution in [0.5, 0.6) is 5.75 Å². The van der Waals surface area contributed by atoms with Gasteiger partial charge in [-0.3, -0.25) is 4.79 Å². The summed E-state index contributed by atoms with van der Waals surface area (Å²) in [5, 5.41) is 12.1. The molecule has 20 heavy (non-hydrogen) atoms. The van der Waals surface area contributed by atoms with Crippen LogP contribution in [0, 0.1) is 5.92 Å². The van der Waals surface area contributed by atoms with E-state index in [-0.39, 0.29) is 11.7 Å². The number of carbonyl (C=O) groups excluding carboxylic acids is 1. The molecule has 2 aromatic rings.